The topological polar surface area (TPSA) is 198 Å². The van der Waals surface area contributed by atoms with Gasteiger partial charge in [0.2, 0.25) is 5.91 Å². The number of nitrogens with zero attached hydrogens (tertiary/aromatic N) is 2. The maximum atomic E-state index is 13.2. The Morgan fingerprint density at radius 2 is 2.00 bits per heavy atom. The first kappa shape index (κ1) is 26.3. The Morgan fingerprint density at radius 1 is 1.24 bits per heavy atom. The van der Waals surface area contributed by atoms with Crippen molar-refractivity contribution in [2.75, 3.05) is 18.1 Å². The standard InChI is InChI=1S/C22H25N7O6S2/c23-22(28-24)36-7-6-12-10-37-20-15(27-18(32)14-17(31)25-8-13(30)26-14)19(33)29(20)16(12)21(34)35-9-11-4-2-1-3-5-11/h1-5,14-15,20H,6-10,24H2,(H2,23,28)(H,25,31)(H,26,30)(H,27,32). The third-order valence-corrected chi connectivity index (χ3v) is 7.93. The highest BCUT2D eigenvalue weighted by molar-refractivity contribution is 8.13. The van der Waals surface area contributed by atoms with Gasteiger partial charge in [-0.3, -0.25) is 24.1 Å². The van der Waals surface area contributed by atoms with Gasteiger partial charge in [-0.2, -0.15) is 5.10 Å². The number of rotatable bonds is 8. The molecule has 15 heteroatoms. The molecule has 0 spiro atoms. The van der Waals surface area contributed by atoms with Crippen LogP contribution in [0, 0.1) is 0 Å². The van der Waals surface area contributed by atoms with E-state index in [4.69, 9.17) is 16.3 Å². The molecule has 0 saturated carbocycles. The number of nitrogens with one attached hydrogen (secondary N) is 3. The number of esters is 1. The maximum Gasteiger partial charge on any atom is 0.355 e. The number of hydrogen-bond acceptors (Lipinski definition) is 10. The number of amidine groups is 1. The number of amides is 4. The van der Waals surface area contributed by atoms with E-state index in [1.807, 2.05) is 30.3 Å². The lowest BCUT2D eigenvalue weighted by Gasteiger charge is -2.50. The minimum atomic E-state index is -1.44. The van der Waals surface area contributed by atoms with Crippen LogP contribution in [0.25, 0.3) is 0 Å². The van der Waals surface area contributed by atoms with Crippen LogP contribution in [-0.2, 0) is 35.3 Å². The number of carbonyl (C=O) groups is 5. The van der Waals surface area contributed by atoms with Gasteiger partial charge in [-0.25, -0.2) is 4.79 Å². The smallest absolute Gasteiger partial charge is 0.355 e. The summed E-state index contributed by atoms with van der Waals surface area (Å²) in [4.78, 5) is 63.8. The minimum absolute atomic E-state index is 0.0223. The molecule has 196 valence electrons. The van der Waals surface area contributed by atoms with Crippen LogP contribution in [0.4, 0.5) is 0 Å². The third-order valence-electron chi connectivity index (χ3n) is 5.79. The second-order valence-electron chi connectivity index (χ2n) is 8.19. The van der Waals surface area contributed by atoms with Crippen LogP contribution >= 0.6 is 23.5 Å². The first-order chi connectivity index (χ1) is 17.8. The number of fused-ring (bicyclic) bond motifs is 1. The summed E-state index contributed by atoms with van der Waals surface area (Å²) in [5.41, 5.74) is 7.24. The molecule has 3 unspecified atom stereocenters. The van der Waals surface area contributed by atoms with Crippen LogP contribution in [0.5, 0.6) is 0 Å². The van der Waals surface area contributed by atoms with Crippen molar-refractivity contribution < 1.29 is 28.7 Å². The third kappa shape index (κ3) is 5.83. The number of benzene rings is 1. The molecule has 0 radical (unpaired) electrons. The number of thioether (sulfide) groups is 2. The van der Waals surface area contributed by atoms with E-state index >= 15 is 0 Å². The lowest BCUT2D eigenvalue weighted by molar-refractivity contribution is -0.154. The molecule has 0 aromatic heterocycles. The Bertz CT molecular complexity index is 1180. The Labute approximate surface area is 220 Å². The molecule has 1 aromatic carbocycles. The molecule has 2 saturated heterocycles. The van der Waals surface area contributed by atoms with Gasteiger partial charge in [0.1, 0.15) is 23.7 Å². The lowest BCUT2D eigenvalue weighted by Crippen LogP contribution is -2.73. The molecule has 1 aromatic rings. The fourth-order valence-electron chi connectivity index (χ4n) is 3.94. The van der Waals surface area contributed by atoms with E-state index in [0.29, 0.717) is 23.5 Å². The largest absolute Gasteiger partial charge is 0.456 e. The second kappa shape index (κ2) is 11.6. The van der Waals surface area contributed by atoms with E-state index in [9.17, 15) is 24.0 Å². The van der Waals surface area contributed by atoms with Gasteiger partial charge >= 0.3 is 5.97 Å². The Kier molecular flexibility index (Phi) is 8.23. The molecule has 13 nitrogen and oxygen atoms in total. The van der Waals surface area contributed by atoms with Crippen molar-refractivity contribution in [2.24, 2.45) is 16.7 Å². The highest BCUT2D eigenvalue weighted by Crippen LogP contribution is 2.41. The molecule has 4 amide bonds. The molecule has 7 N–H and O–H groups in total. The van der Waals surface area contributed by atoms with Crippen molar-refractivity contribution in [3.05, 3.63) is 47.2 Å². The van der Waals surface area contributed by atoms with Crippen LogP contribution in [0.15, 0.2) is 46.7 Å². The van der Waals surface area contributed by atoms with Gasteiger partial charge in [0.25, 0.3) is 17.7 Å². The predicted octanol–water partition coefficient (Wildman–Crippen LogP) is -1.69. The summed E-state index contributed by atoms with van der Waals surface area (Å²) >= 11 is 2.58. The molecule has 4 rings (SSSR count). The number of β-lactam (4-membered cyclic amide) rings is 1. The highest BCUT2D eigenvalue weighted by atomic mass is 32.2. The van der Waals surface area contributed by atoms with Crippen molar-refractivity contribution >= 4 is 58.3 Å². The summed E-state index contributed by atoms with van der Waals surface area (Å²) < 4.78 is 5.52. The van der Waals surface area contributed by atoms with Crippen LogP contribution in [0.3, 0.4) is 0 Å². The van der Waals surface area contributed by atoms with E-state index in [2.05, 4.69) is 21.1 Å². The zero-order chi connectivity index (χ0) is 26.5. The number of hydrazone groups is 1. The first-order valence-corrected chi connectivity index (χ1v) is 13.2. The van der Waals surface area contributed by atoms with E-state index in [-0.39, 0.29) is 24.0 Å². The lowest BCUT2D eigenvalue weighted by atomic mass is 10.0. The van der Waals surface area contributed by atoms with Gasteiger partial charge < -0.3 is 32.3 Å². The second-order valence-corrected chi connectivity index (χ2v) is 10.4. The van der Waals surface area contributed by atoms with Gasteiger partial charge in [0.15, 0.2) is 11.2 Å². The molecule has 3 aliphatic rings. The van der Waals surface area contributed by atoms with Crippen molar-refractivity contribution in [1.82, 2.24) is 20.9 Å². The van der Waals surface area contributed by atoms with Crippen LogP contribution < -0.4 is 27.5 Å². The van der Waals surface area contributed by atoms with Gasteiger partial charge in [-0.1, -0.05) is 42.1 Å². The minimum Gasteiger partial charge on any atom is -0.456 e. The SMILES string of the molecule is N/N=C(\N)SCCC1=C(C(=O)OCc2ccccc2)N2C(=O)C(NC(=O)C3NC(=O)CNC3=O)C2SC1. The van der Waals surface area contributed by atoms with Crippen molar-refractivity contribution in [3.8, 4) is 0 Å². The van der Waals surface area contributed by atoms with Crippen LogP contribution in [0.1, 0.15) is 12.0 Å². The van der Waals surface area contributed by atoms with E-state index in [0.717, 1.165) is 5.56 Å². The molecule has 0 bridgehead atoms. The monoisotopic (exact) mass is 547 g/mol. The van der Waals surface area contributed by atoms with Gasteiger partial charge in [-0.05, 0) is 17.6 Å². The summed E-state index contributed by atoms with van der Waals surface area (Å²) in [5.74, 6) is 2.88. The Morgan fingerprint density at radius 3 is 2.73 bits per heavy atom. The summed E-state index contributed by atoms with van der Waals surface area (Å²) in [6.07, 6.45) is 0.422. The van der Waals surface area contributed by atoms with E-state index in [1.165, 1.54) is 28.4 Å². The van der Waals surface area contributed by atoms with Crippen molar-refractivity contribution in [2.45, 2.75) is 30.5 Å². The van der Waals surface area contributed by atoms with E-state index < -0.39 is 47.1 Å². The van der Waals surface area contributed by atoms with Crippen LogP contribution in [0.2, 0.25) is 0 Å². The molecule has 3 heterocycles. The molecule has 3 atom stereocenters. The summed E-state index contributed by atoms with van der Waals surface area (Å²) in [7, 11) is 0. The fraction of sp³-hybridized carbons (Fsp3) is 0.364. The maximum absolute atomic E-state index is 13.2. The number of piperazine rings is 1. The molecular weight excluding hydrogens is 522 g/mol. The number of carbonyl (C=O) groups excluding carboxylic acids is 5. The normalized spacial score (nSPS) is 23.5. The summed E-state index contributed by atoms with van der Waals surface area (Å²) in [5, 5.41) is 10.2. The van der Waals surface area contributed by atoms with Crippen molar-refractivity contribution in [1.29, 1.82) is 0 Å². The number of nitrogens with two attached hydrogens (primary N) is 2. The molecule has 0 aliphatic carbocycles. The number of hydrogen-bond donors (Lipinski definition) is 5. The van der Waals surface area contributed by atoms with Gasteiger partial charge in [-0.15, -0.1) is 11.8 Å². The zero-order valence-corrected chi connectivity index (χ0v) is 21.1. The summed E-state index contributed by atoms with van der Waals surface area (Å²) in [6, 6.07) is 6.70. The van der Waals surface area contributed by atoms with Gasteiger partial charge in [0, 0.05) is 11.5 Å². The van der Waals surface area contributed by atoms with Crippen LogP contribution in [-0.4, -0.2) is 75.2 Å². The quantitative estimate of drug-likeness (QED) is 0.0476. The number of ether oxygens (including phenoxy) is 1. The van der Waals surface area contributed by atoms with Gasteiger partial charge in [0.05, 0.1) is 6.54 Å². The Balaban J connectivity index is 1.49. The van der Waals surface area contributed by atoms with Crippen molar-refractivity contribution in [3.63, 3.8) is 0 Å². The fourth-order valence-corrected chi connectivity index (χ4v) is 5.96. The highest BCUT2D eigenvalue weighted by Gasteiger charge is 2.55. The predicted molar refractivity (Wildman–Crippen MR) is 136 cm³/mol. The molecule has 2 fully saturated rings. The zero-order valence-electron chi connectivity index (χ0n) is 19.5. The first-order valence-electron chi connectivity index (χ1n) is 11.2. The van der Waals surface area contributed by atoms with E-state index in [1.54, 1.807) is 0 Å². The average molecular weight is 548 g/mol. The molecular formula is C22H25N7O6S2. The Hall–Kier alpha value is -3.72. The molecule has 3 aliphatic heterocycles. The average Bonchev–Trinajstić information content (AvgIpc) is 2.91. The molecule has 37 heavy (non-hydrogen) atoms. The summed E-state index contributed by atoms with van der Waals surface area (Å²) in [6.45, 7) is -0.200.